The van der Waals surface area contributed by atoms with Gasteiger partial charge in [0.15, 0.2) is 0 Å². The van der Waals surface area contributed by atoms with E-state index in [1.165, 1.54) is 12.1 Å². The van der Waals surface area contributed by atoms with E-state index in [-0.39, 0.29) is 0 Å². The molecular weight excluding hydrogens is 311 g/mol. The molecule has 1 nitrogen and oxygen atoms in total. The number of halogens is 3. The Balaban J connectivity index is 2.02. The van der Waals surface area contributed by atoms with Crippen molar-refractivity contribution in [2.75, 3.05) is 19.0 Å². The van der Waals surface area contributed by atoms with Crippen LogP contribution in [0.2, 0.25) is 0 Å². The van der Waals surface area contributed by atoms with Crippen LogP contribution >= 0.6 is 0 Å². The van der Waals surface area contributed by atoms with E-state index in [0.29, 0.717) is 0 Å². The fraction of sp³-hybridized carbons (Fsp3) is 0.200. The van der Waals surface area contributed by atoms with Crippen LogP contribution in [0.3, 0.4) is 0 Å². The van der Waals surface area contributed by atoms with Crippen molar-refractivity contribution in [1.82, 2.24) is 0 Å². The molecule has 0 amide bonds. The molecule has 0 spiro atoms. The monoisotopic (exact) mass is 328 g/mol. The van der Waals surface area contributed by atoms with Crippen LogP contribution in [-0.2, 0) is 6.18 Å². The van der Waals surface area contributed by atoms with E-state index in [9.17, 15) is 13.2 Å². The van der Waals surface area contributed by atoms with E-state index < -0.39 is 11.7 Å². The quantitative estimate of drug-likeness (QED) is 0.665. The number of hydrogen-bond donors (Lipinski definition) is 0. The highest BCUT2D eigenvalue weighted by molar-refractivity contribution is 5.88. The maximum Gasteiger partial charge on any atom is 0.416 e. The highest BCUT2D eigenvalue weighted by Crippen LogP contribution is 2.34. The van der Waals surface area contributed by atoms with Gasteiger partial charge in [-0.3, -0.25) is 0 Å². The molecule has 0 atom stereocenters. The van der Waals surface area contributed by atoms with E-state index in [1.54, 1.807) is 0 Å². The van der Waals surface area contributed by atoms with Crippen molar-refractivity contribution >= 4 is 16.8 Å². The van der Waals surface area contributed by atoms with Crippen molar-refractivity contribution in [3.63, 3.8) is 0 Å². The first kappa shape index (κ1) is 16.3. The standard InChI is InChI=1S/C20H17F3N/c1-13-10-15(14-4-6-17(7-5-14)20(21,22)23)11-16-12-18(24(2)3)8-9-19(13)16/h4-10,12H,1-3H3/q+1. The average molecular weight is 328 g/mol. The second kappa shape index (κ2) is 5.81. The summed E-state index contributed by atoms with van der Waals surface area (Å²) in [4.78, 5) is 2.01. The molecule has 3 rings (SSSR count). The molecular formula is C20H17F3N+. The summed E-state index contributed by atoms with van der Waals surface area (Å²) in [6.45, 7) is 2.00. The maximum absolute atomic E-state index is 12.7. The van der Waals surface area contributed by atoms with Crippen LogP contribution in [-0.4, -0.2) is 14.1 Å². The third kappa shape index (κ3) is 3.06. The minimum absolute atomic E-state index is 0.640. The summed E-state index contributed by atoms with van der Waals surface area (Å²) in [5.41, 5.74) is 5.06. The van der Waals surface area contributed by atoms with Crippen molar-refractivity contribution in [2.45, 2.75) is 13.1 Å². The molecule has 0 aliphatic heterocycles. The van der Waals surface area contributed by atoms with Gasteiger partial charge in [0.1, 0.15) is 11.1 Å². The topological polar surface area (TPSA) is 3.24 Å². The van der Waals surface area contributed by atoms with Gasteiger partial charge >= 0.3 is 6.18 Å². The number of benzene rings is 2. The van der Waals surface area contributed by atoms with E-state index in [0.717, 1.165) is 45.7 Å². The molecule has 24 heavy (non-hydrogen) atoms. The summed E-state index contributed by atoms with van der Waals surface area (Å²) in [5, 5.41) is 0. The molecule has 2 aromatic carbocycles. The number of fused-ring (bicyclic) bond motifs is 1. The Bertz CT molecular complexity index is 825. The summed E-state index contributed by atoms with van der Waals surface area (Å²) >= 11 is 0. The lowest BCUT2D eigenvalue weighted by Gasteiger charge is -2.14. The third-order valence-corrected chi connectivity index (χ3v) is 4.10. The maximum atomic E-state index is 12.7. The number of nitrogens with zero attached hydrogens (tertiary/aromatic N) is 1. The number of anilines is 1. The summed E-state index contributed by atoms with van der Waals surface area (Å²) in [5.74, 6) is 0. The van der Waals surface area contributed by atoms with Crippen molar-refractivity contribution in [1.29, 1.82) is 0 Å². The van der Waals surface area contributed by atoms with Crippen LogP contribution in [0.5, 0.6) is 0 Å². The first-order chi connectivity index (χ1) is 11.3. The SMILES string of the molecule is CC1=CC(c2ccc(C(F)(F)F)cc2)=[C+]c2cc(N(C)C)ccc21. The second-order valence-electron chi connectivity index (χ2n) is 6.07. The normalized spacial score (nSPS) is 13.6. The zero-order valence-electron chi connectivity index (χ0n) is 13.7. The van der Waals surface area contributed by atoms with Crippen LogP contribution in [0.1, 0.15) is 29.2 Å². The van der Waals surface area contributed by atoms with Crippen molar-refractivity contribution < 1.29 is 13.2 Å². The van der Waals surface area contributed by atoms with Crippen LogP contribution in [0.15, 0.2) is 48.5 Å². The van der Waals surface area contributed by atoms with Crippen LogP contribution < -0.4 is 4.90 Å². The van der Waals surface area contributed by atoms with Gasteiger partial charge in [-0.15, -0.1) is 0 Å². The van der Waals surface area contributed by atoms with Gasteiger partial charge in [0.05, 0.1) is 22.4 Å². The van der Waals surface area contributed by atoms with Gasteiger partial charge in [-0.1, -0.05) is 0 Å². The number of rotatable bonds is 2. The molecule has 0 N–H and O–H groups in total. The minimum atomic E-state index is -4.32. The van der Waals surface area contributed by atoms with Crippen LogP contribution in [0, 0.1) is 6.08 Å². The molecule has 122 valence electrons. The molecule has 2 aromatic rings. The van der Waals surface area contributed by atoms with Gasteiger partial charge in [-0.2, -0.15) is 13.2 Å². The largest absolute Gasteiger partial charge is 0.416 e. The van der Waals surface area contributed by atoms with Crippen LogP contribution in [0.4, 0.5) is 18.9 Å². The summed E-state index contributed by atoms with van der Waals surface area (Å²) in [7, 11) is 3.93. The van der Waals surface area contributed by atoms with E-state index >= 15 is 0 Å². The molecule has 0 radical (unpaired) electrons. The van der Waals surface area contributed by atoms with Gasteiger partial charge in [0.2, 0.25) is 0 Å². The first-order valence-corrected chi connectivity index (χ1v) is 7.57. The lowest BCUT2D eigenvalue weighted by atomic mass is 9.89. The van der Waals surface area contributed by atoms with Gasteiger partial charge in [0.25, 0.3) is 0 Å². The van der Waals surface area contributed by atoms with Gasteiger partial charge < -0.3 is 4.90 Å². The predicted molar refractivity (Wildman–Crippen MR) is 91.6 cm³/mol. The Morgan fingerprint density at radius 2 is 1.62 bits per heavy atom. The summed E-state index contributed by atoms with van der Waals surface area (Å²) in [6, 6.07) is 11.3. The van der Waals surface area contributed by atoms with Gasteiger partial charge in [-0.05, 0) is 43.3 Å². The molecule has 1 aliphatic rings. The molecule has 1 aliphatic carbocycles. The Morgan fingerprint density at radius 1 is 0.958 bits per heavy atom. The molecule has 0 bridgehead atoms. The molecule has 0 fully saturated rings. The van der Waals surface area contributed by atoms with Crippen LogP contribution in [0.25, 0.3) is 11.1 Å². The number of hydrogen-bond acceptors (Lipinski definition) is 1. The highest BCUT2D eigenvalue weighted by atomic mass is 19.4. The minimum Gasteiger partial charge on any atom is -0.371 e. The van der Waals surface area contributed by atoms with Crippen molar-refractivity contribution in [3.8, 4) is 0 Å². The van der Waals surface area contributed by atoms with E-state index in [1.807, 2.05) is 50.2 Å². The Hall–Kier alpha value is -2.58. The molecule has 0 saturated heterocycles. The fourth-order valence-electron chi connectivity index (χ4n) is 2.73. The average Bonchev–Trinajstić information content (AvgIpc) is 2.53. The summed E-state index contributed by atoms with van der Waals surface area (Å²) in [6.07, 6.45) is 0.971. The lowest BCUT2D eigenvalue weighted by Crippen LogP contribution is -2.09. The first-order valence-electron chi connectivity index (χ1n) is 7.57. The lowest BCUT2D eigenvalue weighted by molar-refractivity contribution is -0.137. The molecule has 0 unspecified atom stereocenters. The molecule has 4 heteroatoms. The van der Waals surface area contributed by atoms with Crippen molar-refractivity contribution in [3.05, 3.63) is 76.9 Å². The molecule has 0 saturated carbocycles. The number of allylic oxidation sites excluding steroid dienone is 3. The van der Waals surface area contributed by atoms with Crippen molar-refractivity contribution in [2.24, 2.45) is 0 Å². The van der Waals surface area contributed by atoms with E-state index in [4.69, 9.17) is 0 Å². The number of alkyl halides is 3. The summed E-state index contributed by atoms with van der Waals surface area (Å²) < 4.78 is 38.1. The fourth-order valence-corrected chi connectivity index (χ4v) is 2.73. The zero-order chi connectivity index (χ0) is 17.5. The highest BCUT2D eigenvalue weighted by Gasteiger charge is 2.30. The second-order valence-corrected chi connectivity index (χ2v) is 6.07. The molecule has 0 heterocycles. The zero-order valence-corrected chi connectivity index (χ0v) is 13.7. The Labute approximate surface area is 139 Å². The van der Waals surface area contributed by atoms with E-state index in [2.05, 4.69) is 6.08 Å². The smallest absolute Gasteiger partial charge is 0.371 e. The Morgan fingerprint density at radius 3 is 2.21 bits per heavy atom. The molecule has 0 aromatic heterocycles. The predicted octanol–water partition coefficient (Wildman–Crippen LogP) is 5.42. The third-order valence-electron chi connectivity index (χ3n) is 4.10. The van der Waals surface area contributed by atoms with Gasteiger partial charge in [0, 0.05) is 37.9 Å². The Kier molecular flexibility index (Phi) is 3.94. The van der Waals surface area contributed by atoms with Gasteiger partial charge in [-0.25, -0.2) is 0 Å².